The lowest BCUT2D eigenvalue weighted by Crippen LogP contribution is -2.55. The van der Waals surface area contributed by atoms with E-state index in [0.717, 1.165) is 19.3 Å². The van der Waals surface area contributed by atoms with Gasteiger partial charge in [-0.1, -0.05) is 0 Å². The summed E-state index contributed by atoms with van der Waals surface area (Å²) in [6, 6.07) is -0.490. The molecule has 0 saturated carbocycles. The summed E-state index contributed by atoms with van der Waals surface area (Å²) in [4.78, 5) is 28.3. The highest BCUT2D eigenvalue weighted by Gasteiger charge is 2.33. The smallest absolute Gasteiger partial charge is 0.410 e. The van der Waals surface area contributed by atoms with Crippen LogP contribution in [0.25, 0.3) is 0 Å². The van der Waals surface area contributed by atoms with Gasteiger partial charge in [0.15, 0.2) is 0 Å². The van der Waals surface area contributed by atoms with E-state index in [1.807, 2.05) is 34.6 Å². The van der Waals surface area contributed by atoms with E-state index in [9.17, 15) is 9.59 Å². The summed E-state index contributed by atoms with van der Waals surface area (Å²) in [6.45, 7) is 12.4. The summed E-state index contributed by atoms with van der Waals surface area (Å²) in [5.41, 5.74) is 5.25. The van der Waals surface area contributed by atoms with Crippen LogP contribution in [0.1, 0.15) is 60.8 Å². The number of carbonyl (C=O) groups is 2. The molecule has 1 heterocycles. The number of rotatable bonds is 4. The average Bonchev–Trinajstić information content (AvgIpc) is 2.42. The molecular weight excluding hydrogens is 294 g/mol. The Labute approximate surface area is 140 Å². The number of amides is 2. The Morgan fingerprint density at radius 2 is 1.87 bits per heavy atom. The molecule has 0 aromatic heterocycles. The quantitative estimate of drug-likeness (QED) is 0.860. The van der Waals surface area contributed by atoms with Crippen LogP contribution in [0, 0.1) is 0 Å². The van der Waals surface area contributed by atoms with Gasteiger partial charge in [0.1, 0.15) is 5.60 Å². The molecule has 1 aliphatic rings. The van der Waals surface area contributed by atoms with Crippen molar-refractivity contribution >= 4 is 12.0 Å². The third-order valence-electron chi connectivity index (χ3n) is 3.96. The second-order valence-electron chi connectivity index (χ2n) is 7.70. The zero-order chi connectivity index (χ0) is 17.8. The number of likely N-dealkylation sites (tertiary alicyclic amines) is 1. The highest BCUT2D eigenvalue weighted by molar-refractivity contribution is 5.81. The molecule has 0 aromatic carbocycles. The summed E-state index contributed by atoms with van der Waals surface area (Å²) in [7, 11) is 0. The standard InChI is InChI=1S/C17H33N3O3/c1-12(2)20(15(21)13(3)18)11-14-9-7-8-10-19(14)16(22)23-17(4,5)6/h12-14H,7-11,18H2,1-6H3/t13-,14?/m0/s1. The maximum absolute atomic E-state index is 12.5. The van der Waals surface area contributed by atoms with Gasteiger partial charge in [0.2, 0.25) is 5.91 Å². The first kappa shape index (κ1) is 19.7. The molecule has 1 fully saturated rings. The van der Waals surface area contributed by atoms with Crippen LogP contribution in [-0.4, -0.2) is 58.6 Å². The van der Waals surface area contributed by atoms with Crippen molar-refractivity contribution in [3.8, 4) is 0 Å². The molecule has 0 aromatic rings. The molecule has 6 heteroatoms. The SMILES string of the molecule is CC(C)N(CC1CCCCN1C(=O)OC(C)(C)C)C(=O)[C@H](C)N. The van der Waals surface area contributed by atoms with Gasteiger partial charge in [0, 0.05) is 19.1 Å². The molecule has 134 valence electrons. The van der Waals surface area contributed by atoms with Crippen LogP contribution >= 0.6 is 0 Å². The fourth-order valence-electron chi connectivity index (χ4n) is 2.80. The largest absolute Gasteiger partial charge is 0.444 e. The molecular formula is C17H33N3O3. The van der Waals surface area contributed by atoms with E-state index in [-0.39, 0.29) is 24.1 Å². The van der Waals surface area contributed by atoms with Crippen LogP contribution in [-0.2, 0) is 9.53 Å². The fourth-order valence-corrected chi connectivity index (χ4v) is 2.80. The molecule has 23 heavy (non-hydrogen) atoms. The minimum Gasteiger partial charge on any atom is -0.444 e. The van der Waals surface area contributed by atoms with Crippen molar-refractivity contribution < 1.29 is 14.3 Å². The van der Waals surface area contributed by atoms with Gasteiger partial charge < -0.3 is 20.3 Å². The molecule has 0 spiro atoms. The van der Waals surface area contributed by atoms with Crippen molar-refractivity contribution in [1.29, 1.82) is 0 Å². The van der Waals surface area contributed by atoms with E-state index in [4.69, 9.17) is 10.5 Å². The van der Waals surface area contributed by atoms with Gasteiger partial charge in [-0.05, 0) is 60.8 Å². The summed E-state index contributed by atoms with van der Waals surface area (Å²) in [5, 5.41) is 0. The van der Waals surface area contributed by atoms with Gasteiger partial charge in [-0.25, -0.2) is 4.79 Å². The van der Waals surface area contributed by atoms with Crippen molar-refractivity contribution in [2.75, 3.05) is 13.1 Å². The first-order valence-corrected chi connectivity index (χ1v) is 8.58. The average molecular weight is 327 g/mol. The van der Waals surface area contributed by atoms with Crippen molar-refractivity contribution in [2.45, 2.75) is 84.5 Å². The number of hydrogen-bond acceptors (Lipinski definition) is 4. The highest BCUT2D eigenvalue weighted by Crippen LogP contribution is 2.22. The van der Waals surface area contributed by atoms with Gasteiger partial charge in [0.05, 0.1) is 12.1 Å². The van der Waals surface area contributed by atoms with Crippen LogP contribution in [0.15, 0.2) is 0 Å². The lowest BCUT2D eigenvalue weighted by Gasteiger charge is -2.40. The number of carbonyl (C=O) groups excluding carboxylic acids is 2. The van der Waals surface area contributed by atoms with Gasteiger partial charge >= 0.3 is 6.09 Å². The third-order valence-corrected chi connectivity index (χ3v) is 3.96. The molecule has 1 unspecified atom stereocenters. The predicted octanol–water partition coefficient (Wildman–Crippen LogP) is 2.36. The molecule has 2 atom stereocenters. The zero-order valence-corrected chi connectivity index (χ0v) is 15.5. The Morgan fingerprint density at radius 3 is 2.35 bits per heavy atom. The molecule has 0 radical (unpaired) electrons. The van der Waals surface area contributed by atoms with Crippen LogP contribution in [0.2, 0.25) is 0 Å². The van der Waals surface area contributed by atoms with E-state index in [0.29, 0.717) is 13.1 Å². The number of nitrogens with zero attached hydrogens (tertiary/aromatic N) is 2. The normalized spacial score (nSPS) is 20.3. The van der Waals surface area contributed by atoms with Crippen molar-refractivity contribution in [1.82, 2.24) is 9.80 Å². The fraction of sp³-hybridized carbons (Fsp3) is 0.882. The van der Waals surface area contributed by atoms with Crippen molar-refractivity contribution in [3.63, 3.8) is 0 Å². The molecule has 0 aliphatic carbocycles. The molecule has 6 nitrogen and oxygen atoms in total. The Kier molecular flexibility index (Phi) is 6.86. The Morgan fingerprint density at radius 1 is 1.26 bits per heavy atom. The third kappa shape index (κ3) is 6.01. The molecule has 1 saturated heterocycles. The van der Waals surface area contributed by atoms with Crippen LogP contribution < -0.4 is 5.73 Å². The summed E-state index contributed by atoms with van der Waals surface area (Å²) < 4.78 is 5.52. The van der Waals surface area contributed by atoms with Crippen molar-refractivity contribution in [2.24, 2.45) is 5.73 Å². The first-order valence-electron chi connectivity index (χ1n) is 8.58. The highest BCUT2D eigenvalue weighted by atomic mass is 16.6. The van der Waals surface area contributed by atoms with E-state index in [1.54, 1.807) is 16.7 Å². The maximum Gasteiger partial charge on any atom is 0.410 e. The minimum atomic E-state index is -0.532. The second-order valence-corrected chi connectivity index (χ2v) is 7.70. The van der Waals surface area contributed by atoms with E-state index < -0.39 is 11.6 Å². The van der Waals surface area contributed by atoms with Crippen LogP contribution in [0.3, 0.4) is 0 Å². The predicted molar refractivity (Wildman–Crippen MR) is 91.1 cm³/mol. The van der Waals surface area contributed by atoms with E-state index >= 15 is 0 Å². The van der Waals surface area contributed by atoms with E-state index in [1.165, 1.54) is 0 Å². The molecule has 1 aliphatic heterocycles. The Balaban J connectivity index is 2.84. The number of nitrogens with two attached hydrogens (primary N) is 1. The van der Waals surface area contributed by atoms with E-state index in [2.05, 4.69) is 0 Å². The van der Waals surface area contributed by atoms with Crippen molar-refractivity contribution in [3.05, 3.63) is 0 Å². The lowest BCUT2D eigenvalue weighted by molar-refractivity contribution is -0.135. The first-order chi connectivity index (χ1) is 10.5. The van der Waals surface area contributed by atoms with Gasteiger partial charge in [0.25, 0.3) is 0 Å². The topological polar surface area (TPSA) is 75.9 Å². The minimum absolute atomic E-state index is 0.0105. The Hall–Kier alpha value is -1.30. The van der Waals surface area contributed by atoms with Crippen LogP contribution in [0.4, 0.5) is 4.79 Å². The van der Waals surface area contributed by atoms with Gasteiger partial charge in [-0.3, -0.25) is 4.79 Å². The maximum atomic E-state index is 12.5. The molecule has 2 amide bonds. The lowest BCUT2D eigenvalue weighted by atomic mass is 10.0. The Bertz CT molecular complexity index is 416. The van der Waals surface area contributed by atoms with Gasteiger partial charge in [-0.2, -0.15) is 0 Å². The second kappa shape index (κ2) is 7.99. The molecule has 0 bridgehead atoms. The zero-order valence-electron chi connectivity index (χ0n) is 15.5. The number of ether oxygens (including phenoxy) is 1. The monoisotopic (exact) mass is 327 g/mol. The molecule has 2 N–H and O–H groups in total. The summed E-state index contributed by atoms with van der Waals surface area (Å²) >= 11 is 0. The summed E-state index contributed by atoms with van der Waals surface area (Å²) in [6.07, 6.45) is 2.62. The number of hydrogen-bond donors (Lipinski definition) is 1. The molecule has 1 rings (SSSR count). The summed E-state index contributed by atoms with van der Waals surface area (Å²) in [5.74, 6) is -0.0743. The van der Waals surface area contributed by atoms with Gasteiger partial charge in [-0.15, -0.1) is 0 Å². The van der Waals surface area contributed by atoms with Crippen LogP contribution in [0.5, 0.6) is 0 Å². The number of piperidine rings is 1.